The highest BCUT2D eigenvalue weighted by Gasteiger charge is 2.13. The van der Waals surface area contributed by atoms with E-state index < -0.39 is 0 Å². The summed E-state index contributed by atoms with van der Waals surface area (Å²) in [7, 11) is 1.92. The number of nitrogens with zero attached hydrogens (tertiary/aromatic N) is 2. The quantitative estimate of drug-likeness (QED) is 0.845. The van der Waals surface area contributed by atoms with Crippen molar-refractivity contribution in [1.82, 2.24) is 15.1 Å². The molecule has 1 N–H and O–H groups in total. The van der Waals surface area contributed by atoms with Gasteiger partial charge in [-0.25, -0.2) is 4.39 Å². The summed E-state index contributed by atoms with van der Waals surface area (Å²) < 4.78 is 15.5. The zero-order chi connectivity index (χ0) is 15.2. The molecule has 0 bridgehead atoms. The molecule has 21 heavy (non-hydrogen) atoms. The maximum absolute atomic E-state index is 13.6. The number of rotatable bonds is 7. The second-order valence-corrected chi connectivity index (χ2v) is 5.63. The molecular formula is C17H24FN3. The van der Waals surface area contributed by atoms with Gasteiger partial charge in [-0.05, 0) is 61.6 Å². The second kappa shape index (κ2) is 7.36. The van der Waals surface area contributed by atoms with Crippen molar-refractivity contribution in [3.05, 3.63) is 53.1 Å². The van der Waals surface area contributed by atoms with Gasteiger partial charge in [0.2, 0.25) is 0 Å². The number of nitrogens with one attached hydrogen (secondary N) is 1. The van der Waals surface area contributed by atoms with Crippen LogP contribution in [0.25, 0.3) is 0 Å². The van der Waals surface area contributed by atoms with Crippen LogP contribution >= 0.6 is 0 Å². The minimum absolute atomic E-state index is 0.158. The summed E-state index contributed by atoms with van der Waals surface area (Å²) >= 11 is 0. The first kappa shape index (κ1) is 15.7. The fraction of sp³-hybridized carbons (Fsp3) is 0.471. The third-order valence-corrected chi connectivity index (χ3v) is 3.59. The lowest BCUT2D eigenvalue weighted by Gasteiger charge is -2.19. The van der Waals surface area contributed by atoms with Gasteiger partial charge < -0.3 is 5.32 Å². The monoisotopic (exact) mass is 289 g/mol. The highest BCUT2D eigenvalue weighted by molar-refractivity contribution is 5.26. The Labute approximate surface area is 126 Å². The maximum atomic E-state index is 13.6. The first-order valence-electron chi connectivity index (χ1n) is 7.56. The summed E-state index contributed by atoms with van der Waals surface area (Å²) in [6.45, 7) is 5.01. The molecule has 0 radical (unpaired) electrons. The van der Waals surface area contributed by atoms with E-state index in [2.05, 4.69) is 23.4 Å². The van der Waals surface area contributed by atoms with E-state index in [0.717, 1.165) is 36.9 Å². The van der Waals surface area contributed by atoms with Crippen LogP contribution in [0.4, 0.5) is 4.39 Å². The number of hydrogen-bond acceptors (Lipinski definition) is 2. The van der Waals surface area contributed by atoms with Crippen molar-refractivity contribution >= 4 is 0 Å². The molecule has 1 heterocycles. The van der Waals surface area contributed by atoms with Crippen LogP contribution < -0.4 is 5.32 Å². The summed E-state index contributed by atoms with van der Waals surface area (Å²) in [5, 5.41) is 7.72. The topological polar surface area (TPSA) is 29.9 Å². The van der Waals surface area contributed by atoms with Crippen LogP contribution in [0.2, 0.25) is 0 Å². The molecule has 0 fully saturated rings. The van der Waals surface area contributed by atoms with Gasteiger partial charge in [-0.1, -0.05) is 13.0 Å². The zero-order valence-corrected chi connectivity index (χ0v) is 13.1. The molecule has 1 atom stereocenters. The lowest BCUT2D eigenvalue weighted by atomic mass is 9.98. The lowest BCUT2D eigenvalue weighted by Crippen LogP contribution is -2.23. The van der Waals surface area contributed by atoms with E-state index in [4.69, 9.17) is 0 Å². The highest BCUT2D eigenvalue weighted by atomic mass is 19.1. The molecular weight excluding hydrogens is 265 g/mol. The van der Waals surface area contributed by atoms with Gasteiger partial charge in [0.05, 0.1) is 6.20 Å². The Balaban J connectivity index is 2.09. The number of aromatic nitrogens is 2. The first-order chi connectivity index (χ1) is 10.1. The third kappa shape index (κ3) is 4.67. The first-order valence-corrected chi connectivity index (χ1v) is 7.56. The van der Waals surface area contributed by atoms with Crippen molar-refractivity contribution in [2.75, 3.05) is 6.54 Å². The van der Waals surface area contributed by atoms with Crippen molar-refractivity contribution in [2.24, 2.45) is 7.05 Å². The molecule has 2 aromatic rings. The summed E-state index contributed by atoms with van der Waals surface area (Å²) in [4.78, 5) is 0. The molecule has 1 aromatic carbocycles. The number of hydrogen-bond donors (Lipinski definition) is 1. The van der Waals surface area contributed by atoms with Gasteiger partial charge >= 0.3 is 0 Å². The van der Waals surface area contributed by atoms with Crippen molar-refractivity contribution in [3.8, 4) is 0 Å². The molecule has 0 amide bonds. The van der Waals surface area contributed by atoms with Gasteiger partial charge in [0, 0.05) is 19.3 Å². The minimum Gasteiger partial charge on any atom is -0.310 e. The van der Waals surface area contributed by atoms with E-state index in [9.17, 15) is 4.39 Å². The summed E-state index contributed by atoms with van der Waals surface area (Å²) in [6, 6.07) is 5.46. The van der Waals surface area contributed by atoms with Crippen molar-refractivity contribution in [1.29, 1.82) is 0 Å². The third-order valence-electron chi connectivity index (χ3n) is 3.59. The highest BCUT2D eigenvalue weighted by Crippen LogP contribution is 2.21. The van der Waals surface area contributed by atoms with E-state index in [1.54, 1.807) is 12.1 Å². The van der Waals surface area contributed by atoms with Crippen LogP contribution in [0.3, 0.4) is 0 Å². The SMILES string of the molecule is CCCNC(CCc1cnn(C)c1)c1cc(C)cc(F)c1. The number of halogens is 1. The van der Waals surface area contributed by atoms with Gasteiger partial charge in [-0.3, -0.25) is 4.68 Å². The van der Waals surface area contributed by atoms with Crippen LogP contribution in [0.1, 0.15) is 42.5 Å². The van der Waals surface area contributed by atoms with Gasteiger partial charge in [0.25, 0.3) is 0 Å². The van der Waals surface area contributed by atoms with Gasteiger partial charge in [-0.15, -0.1) is 0 Å². The number of aryl methyl sites for hydroxylation is 3. The molecule has 114 valence electrons. The van der Waals surface area contributed by atoms with E-state index in [1.165, 1.54) is 5.56 Å². The average Bonchev–Trinajstić information content (AvgIpc) is 2.83. The van der Waals surface area contributed by atoms with Crippen LogP contribution in [0, 0.1) is 12.7 Å². The van der Waals surface area contributed by atoms with Crippen molar-refractivity contribution in [2.45, 2.75) is 39.2 Å². The fourth-order valence-electron chi connectivity index (χ4n) is 2.58. The second-order valence-electron chi connectivity index (χ2n) is 5.63. The molecule has 0 aliphatic carbocycles. The number of benzene rings is 1. The van der Waals surface area contributed by atoms with Crippen molar-refractivity contribution in [3.63, 3.8) is 0 Å². The Kier molecular flexibility index (Phi) is 5.51. The molecule has 2 rings (SSSR count). The maximum Gasteiger partial charge on any atom is 0.123 e. The fourth-order valence-corrected chi connectivity index (χ4v) is 2.58. The Morgan fingerprint density at radius 2 is 2.14 bits per heavy atom. The summed E-state index contributed by atoms with van der Waals surface area (Å²) in [5.41, 5.74) is 3.22. The van der Waals surface area contributed by atoms with Gasteiger partial charge in [0.15, 0.2) is 0 Å². The molecule has 1 unspecified atom stereocenters. The molecule has 0 spiro atoms. The predicted octanol–water partition coefficient (Wildman–Crippen LogP) is 3.54. The minimum atomic E-state index is -0.158. The molecule has 0 aliphatic heterocycles. The largest absolute Gasteiger partial charge is 0.310 e. The summed E-state index contributed by atoms with van der Waals surface area (Å²) in [6.07, 6.45) is 6.87. The van der Waals surface area contributed by atoms with Crippen LogP contribution in [-0.4, -0.2) is 16.3 Å². The lowest BCUT2D eigenvalue weighted by molar-refractivity contribution is 0.495. The standard InChI is InChI=1S/C17H24FN3/c1-4-7-19-17(6-5-14-11-20-21(3)12-14)15-8-13(2)9-16(18)10-15/h8-12,17,19H,4-7H2,1-3H3. The normalized spacial score (nSPS) is 12.6. The Hall–Kier alpha value is -1.68. The molecule has 3 nitrogen and oxygen atoms in total. The van der Waals surface area contributed by atoms with E-state index >= 15 is 0 Å². The predicted molar refractivity (Wildman–Crippen MR) is 83.7 cm³/mol. The molecule has 0 aliphatic rings. The van der Waals surface area contributed by atoms with Crippen LogP contribution in [-0.2, 0) is 13.5 Å². The van der Waals surface area contributed by atoms with Crippen molar-refractivity contribution < 1.29 is 4.39 Å². The molecule has 4 heteroatoms. The van der Waals surface area contributed by atoms with Crippen LogP contribution in [0.15, 0.2) is 30.6 Å². The molecule has 0 saturated carbocycles. The Morgan fingerprint density at radius 3 is 2.76 bits per heavy atom. The summed E-state index contributed by atoms with van der Waals surface area (Å²) in [5.74, 6) is -0.158. The molecule has 0 saturated heterocycles. The molecule has 1 aromatic heterocycles. The van der Waals surface area contributed by atoms with E-state index in [0.29, 0.717) is 0 Å². The van der Waals surface area contributed by atoms with E-state index in [1.807, 2.05) is 31.0 Å². The zero-order valence-electron chi connectivity index (χ0n) is 13.1. The van der Waals surface area contributed by atoms with Gasteiger partial charge in [0.1, 0.15) is 5.82 Å². The smallest absolute Gasteiger partial charge is 0.123 e. The average molecular weight is 289 g/mol. The Bertz CT molecular complexity index is 557. The van der Waals surface area contributed by atoms with E-state index in [-0.39, 0.29) is 11.9 Å². The Morgan fingerprint density at radius 1 is 1.33 bits per heavy atom. The van der Waals surface area contributed by atoms with Crippen LogP contribution in [0.5, 0.6) is 0 Å². The van der Waals surface area contributed by atoms with Gasteiger partial charge in [-0.2, -0.15) is 5.10 Å².